The van der Waals surface area contributed by atoms with Gasteiger partial charge in [0.1, 0.15) is 11.6 Å². The largest absolute Gasteiger partial charge is 0.383 e. The first-order chi connectivity index (χ1) is 10.8. The Morgan fingerprint density at radius 3 is 2.83 bits per heavy atom. The fourth-order valence-electron chi connectivity index (χ4n) is 3.47. The molecule has 0 saturated carbocycles. The summed E-state index contributed by atoms with van der Waals surface area (Å²) in [6.07, 6.45) is 3.85. The Morgan fingerprint density at radius 1 is 1.30 bits per heavy atom. The summed E-state index contributed by atoms with van der Waals surface area (Å²) >= 11 is 0. The molecule has 0 N–H and O–H groups in total. The van der Waals surface area contributed by atoms with E-state index in [2.05, 4.69) is 14.1 Å². The minimum atomic E-state index is -3.53. The first-order valence-electron chi connectivity index (χ1n) is 7.38. The quantitative estimate of drug-likeness (QED) is 0.676. The SMILES string of the molecule is Cc1ncc2n1CCc1c-2n(C)c2ccc(OS(C)(=O)=O)cc12. The van der Waals surface area contributed by atoms with Crippen LogP contribution in [0.4, 0.5) is 0 Å². The first kappa shape index (κ1) is 14.3. The molecule has 0 saturated heterocycles. The second-order valence-corrected chi connectivity index (χ2v) is 7.52. The van der Waals surface area contributed by atoms with Gasteiger partial charge in [-0.25, -0.2) is 4.98 Å². The summed E-state index contributed by atoms with van der Waals surface area (Å²) in [5, 5.41) is 1.04. The van der Waals surface area contributed by atoms with E-state index >= 15 is 0 Å². The Morgan fingerprint density at radius 2 is 2.09 bits per heavy atom. The lowest BCUT2D eigenvalue weighted by atomic mass is 10.0. The van der Waals surface area contributed by atoms with Gasteiger partial charge in [-0.2, -0.15) is 8.42 Å². The molecule has 120 valence electrons. The molecule has 1 aromatic carbocycles. The van der Waals surface area contributed by atoms with E-state index in [9.17, 15) is 8.42 Å². The summed E-state index contributed by atoms with van der Waals surface area (Å²) in [5.41, 5.74) is 4.52. The third-order valence-corrected chi connectivity index (χ3v) is 4.90. The van der Waals surface area contributed by atoms with E-state index in [1.807, 2.05) is 32.3 Å². The van der Waals surface area contributed by atoms with Gasteiger partial charge in [-0.1, -0.05) is 0 Å². The standard InChI is InChI=1S/C16H17N3O3S/c1-10-17-9-15-16-12(6-7-19(10)15)13-8-11(22-23(3,20)21)4-5-14(13)18(16)2/h4-5,8-9H,6-7H2,1-3H3. The topological polar surface area (TPSA) is 66.1 Å². The van der Waals surface area contributed by atoms with Crippen molar-refractivity contribution in [2.45, 2.75) is 19.9 Å². The monoisotopic (exact) mass is 331 g/mol. The Bertz CT molecular complexity index is 1040. The number of aromatic nitrogens is 3. The molecule has 6 nitrogen and oxygen atoms in total. The molecule has 0 unspecified atom stereocenters. The van der Waals surface area contributed by atoms with Crippen LogP contribution in [0.1, 0.15) is 11.4 Å². The molecule has 7 heteroatoms. The van der Waals surface area contributed by atoms with Crippen LogP contribution < -0.4 is 4.18 Å². The lowest BCUT2D eigenvalue weighted by molar-refractivity contribution is 0.493. The molecule has 0 spiro atoms. The van der Waals surface area contributed by atoms with E-state index in [0.717, 1.165) is 47.3 Å². The molecule has 2 aromatic heterocycles. The van der Waals surface area contributed by atoms with Gasteiger partial charge in [-0.05, 0) is 37.1 Å². The molecule has 1 aliphatic heterocycles. The van der Waals surface area contributed by atoms with Gasteiger partial charge in [0.05, 0.1) is 23.8 Å². The number of fused-ring (bicyclic) bond motifs is 5. The van der Waals surface area contributed by atoms with Gasteiger partial charge in [0.2, 0.25) is 0 Å². The van der Waals surface area contributed by atoms with Crippen LogP contribution in [0.3, 0.4) is 0 Å². The molecule has 23 heavy (non-hydrogen) atoms. The third-order valence-electron chi connectivity index (χ3n) is 4.41. The molecule has 3 heterocycles. The van der Waals surface area contributed by atoms with Crippen LogP contribution in [0.25, 0.3) is 22.3 Å². The van der Waals surface area contributed by atoms with Crippen LogP contribution in [0.15, 0.2) is 24.4 Å². The number of hydrogen-bond acceptors (Lipinski definition) is 4. The molecule has 0 aliphatic carbocycles. The zero-order valence-corrected chi connectivity index (χ0v) is 14.0. The van der Waals surface area contributed by atoms with Crippen molar-refractivity contribution in [2.24, 2.45) is 7.05 Å². The molecule has 4 rings (SSSR count). The second-order valence-electron chi connectivity index (χ2n) is 5.94. The summed E-state index contributed by atoms with van der Waals surface area (Å²) in [4.78, 5) is 4.42. The Labute approximate surface area is 134 Å². The van der Waals surface area contributed by atoms with Crippen molar-refractivity contribution >= 4 is 21.0 Å². The molecule has 0 amide bonds. The maximum atomic E-state index is 11.4. The van der Waals surface area contributed by atoms with Crippen LogP contribution >= 0.6 is 0 Å². The van der Waals surface area contributed by atoms with Crippen molar-refractivity contribution in [3.63, 3.8) is 0 Å². The Balaban J connectivity index is 1.96. The van der Waals surface area contributed by atoms with Gasteiger partial charge in [0.25, 0.3) is 0 Å². The van der Waals surface area contributed by atoms with Gasteiger partial charge in [-0.3, -0.25) is 0 Å². The molecule has 0 atom stereocenters. The smallest absolute Gasteiger partial charge is 0.306 e. The Hall–Kier alpha value is -2.28. The highest BCUT2D eigenvalue weighted by molar-refractivity contribution is 7.86. The maximum Gasteiger partial charge on any atom is 0.306 e. The number of hydrogen-bond donors (Lipinski definition) is 0. The highest BCUT2D eigenvalue weighted by Gasteiger charge is 2.25. The van der Waals surface area contributed by atoms with E-state index < -0.39 is 10.1 Å². The number of imidazole rings is 1. The molecule has 0 radical (unpaired) electrons. The fourth-order valence-corrected chi connectivity index (χ4v) is 3.92. The maximum absolute atomic E-state index is 11.4. The number of benzene rings is 1. The van der Waals surface area contributed by atoms with Crippen LogP contribution in [-0.2, 0) is 30.1 Å². The molecule has 1 aliphatic rings. The molecule has 3 aromatic rings. The van der Waals surface area contributed by atoms with E-state index in [-0.39, 0.29) is 0 Å². The van der Waals surface area contributed by atoms with Crippen LogP contribution in [0.5, 0.6) is 5.75 Å². The highest BCUT2D eigenvalue weighted by Crippen LogP contribution is 2.38. The lowest BCUT2D eigenvalue weighted by Crippen LogP contribution is -2.12. The van der Waals surface area contributed by atoms with Crippen molar-refractivity contribution in [1.29, 1.82) is 0 Å². The minimum Gasteiger partial charge on any atom is -0.383 e. The Kier molecular flexibility index (Phi) is 2.87. The number of nitrogens with zero attached hydrogens (tertiary/aromatic N) is 3. The average Bonchev–Trinajstić information content (AvgIpc) is 2.97. The van der Waals surface area contributed by atoms with Crippen LogP contribution in [0, 0.1) is 6.92 Å². The first-order valence-corrected chi connectivity index (χ1v) is 9.20. The van der Waals surface area contributed by atoms with Crippen molar-refractivity contribution in [2.75, 3.05) is 6.26 Å². The predicted octanol–water partition coefficient (Wildman–Crippen LogP) is 2.24. The summed E-state index contributed by atoms with van der Waals surface area (Å²) in [6, 6.07) is 5.41. The number of rotatable bonds is 2. The minimum absolute atomic E-state index is 0.351. The van der Waals surface area contributed by atoms with Gasteiger partial charge < -0.3 is 13.3 Å². The van der Waals surface area contributed by atoms with Crippen molar-refractivity contribution in [1.82, 2.24) is 14.1 Å². The third kappa shape index (κ3) is 2.15. The van der Waals surface area contributed by atoms with Gasteiger partial charge >= 0.3 is 10.1 Å². The zero-order valence-electron chi connectivity index (χ0n) is 13.2. The second kappa shape index (κ2) is 4.61. The summed E-state index contributed by atoms with van der Waals surface area (Å²) < 4.78 is 32.1. The van der Waals surface area contributed by atoms with Crippen LogP contribution in [-0.4, -0.2) is 28.8 Å². The van der Waals surface area contributed by atoms with E-state index in [1.165, 1.54) is 5.56 Å². The van der Waals surface area contributed by atoms with E-state index in [1.54, 1.807) is 6.07 Å². The van der Waals surface area contributed by atoms with Crippen molar-refractivity contribution < 1.29 is 12.6 Å². The zero-order chi connectivity index (χ0) is 16.4. The number of aryl methyl sites for hydroxylation is 3. The highest BCUT2D eigenvalue weighted by atomic mass is 32.2. The fraction of sp³-hybridized carbons (Fsp3) is 0.312. The van der Waals surface area contributed by atoms with Crippen molar-refractivity contribution in [3.8, 4) is 17.1 Å². The molecular formula is C16H17N3O3S. The van der Waals surface area contributed by atoms with Gasteiger partial charge in [0.15, 0.2) is 0 Å². The van der Waals surface area contributed by atoms with E-state index in [4.69, 9.17) is 4.18 Å². The normalized spacial score (nSPS) is 13.9. The van der Waals surface area contributed by atoms with E-state index in [0.29, 0.717) is 5.75 Å². The van der Waals surface area contributed by atoms with Gasteiger partial charge in [0, 0.05) is 24.5 Å². The predicted molar refractivity (Wildman–Crippen MR) is 88.1 cm³/mol. The summed E-state index contributed by atoms with van der Waals surface area (Å²) in [6.45, 7) is 2.89. The van der Waals surface area contributed by atoms with Crippen LogP contribution in [0.2, 0.25) is 0 Å². The lowest BCUT2D eigenvalue weighted by Gasteiger charge is -2.18. The summed E-state index contributed by atoms with van der Waals surface area (Å²) in [5.74, 6) is 1.36. The average molecular weight is 331 g/mol. The summed E-state index contributed by atoms with van der Waals surface area (Å²) in [7, 11) is -1.50. The molecule has 0 fully saturated rings. The van der Waals surface area contributed by atoms with Gasteiger partial charge in [-0.15, -0.1) is 0 Å². The van der Waals surface area contributed by atoms with Crippen molar-refractivity contribution in [3.05, 3.63) is 35.8 Å². The molecular weight excluding hydrogens is 314 g/mol. The molecule has 0 bridgehead atoms.